The molecule has 3 rings (SSSR count). The van der Waals surface area contributed by atoms with Crippen molar-refractivity contribution in [1.82, 2.24) is 0 Å². The summed E-state index contributed by atoms with van der Waals surface area (Å²) in [6, 6.07) is 5.09. The predicted molar refractivity (Wildman–Crippen MR) is 106 cm³/mol. The summed E-state index contributed by atoms with van der Waals surface area (Å²) in [5.74, 6) is 0.565. The van der Waals surface area contributed by atoms with Crippen molar-refractivity contribution in [3.63, 3.8) is 0 Å². The van der Waals surface area contributed by atoms with Crippen LogP contribution in [0.3, 0.4) is 0 Å². The highest BCUT2D eigenvalue weighted by Crippen LogP contribution is 2.41. The van der Waals surface area contributed by atoms with E-state index in [2.05, 4.69) is 12.2 Å². The molecule has 27 heavy (non-hydrogen) atoms. The Kier molecular flexibility index (Phi) is 5.70. The van der Waals surface area contributed by atoms with E-state index in [0.717, 1.165) is 36.1 Å². The number of ether oxygens (including phenoxy) is 2. The Morgan fingerprint density at radius 3 is 2.70 bits per heavy atom. The number of amides is 2. The fraction of sp³-hybridized carbons (Fsp3) is 0.400. The van der Waals surface area contributed by atoms with Gasteiger partial charge in [-0.3, -0.25) is 9.59 Å². The maximum Gasteiger partial charge on any atom is 0.260 e. The summed E-state index contributed by atoms with van der Waals surface area (Å²) in [5.41, 5.74) is 7.41. The molecule has 1 heterocycles. The Morgan fingerprint density at radius 1 is 1.30 bits per heavy atom. The molecule has 144 valence electrons. The van der Waals surface area contributed by atoms with Gasteiger partial charge >= 0.3 is 0 Å². The van der Waals surface area contributed by atoms with Gasteiger partial charge < -0.3 is 20.5 Å². The van der Waals surface area contributed by atoms with Crippen LogP contribution >= 0.6 is 11.3 Å². The number of fused-ring (bicyclic) bond motifs is 1. The monoisotopic (exact) mass is 388 g/mol. The lowest BCUT2D eigenvalue weighted by atomic mass is 9.85. The Balaban J connectivity index is 1.96. The summed E-state index contributed by atoms with van der Waals surface area (Å²) >= 11 is 1.45. The lowest BCUT2D eigenvalue weighted by Gasteiger charge is -2.20. The first kappa shape index (κ1) is 19.2. The normalized spacial score (nSPS) is 15.7. The topological polar surface area (TPSA) is 90.7 Å². The third-order valence-corrected chi connectivity index (χ3v) is 6.24. The molecule has 0 aliphatic heterocycles. The van der Waals surface area contributed by atoms with Gasteiger partial charge in [0.2, 0.25) is 0 Å². The summed E-state index contributed by atoms with van der Waals surface area (Å²) in [6.45, 7) is 2.18. The first-order valence-corrected chi connectivity index (χ1v) is 9.78. The molecule has 0 saturated heterocycles. The van der Waals surface area contributed by atoms with Crippen LogP contribution < -0.4 is 20.5 Å². The van der Waals surface area contributed by atoms with Crippen LogP contribution in [0.15, 0.2) is 18.2 Å². The molecular formula is C20H24N2O4S. The Hall–Kier alpha value is -2.54. The molecule has 2 aromatic rings. The van der Waals surface area contributed by atoms with E-state index in [0.29, 0.717) is 33.5 Å². The molecule has 1 aliphatic carbocycles. The number of anilines is 1. The number of hydrogen-bond acceptors (Lipinski definition) is 5. The van der Waals surface area contributed by atoms with Crippen LogP contribution in [0.1, 0.15) is 50.9 Å². The molecule has 1 atom stereocenters. The lowest BCUT2D eigenvalue weighted by molar-refractivity contribution is 0.1000. The smallest absolute Gasteiger partial charge is 0.260 e. The number of thiophene rings is 1. The van der Waals surface area contributed by atoms with E-state index in [9.17, 15) is 9.59 Å². The van der Waals surface area contributed by atoms with E-state index in [1.54, 1.807) is 18.2 Å². The molecule has 0 saturated carbocycles. The molecule has 1 aromatic carbocycles. The maximum absolute atomic E-state index is 12.9. The van der Waals surface area contributed by atoms with E-state index < -0.39 is 5.91 Å². The Morgan fingerprint density at radius 2 is 2.07 bits per heavy atom. The SMILES string of the molecule is CCC1CCc2c(sc(NC(=O)c3cccc(OC)c3OC)c2C(N)=O)C1. The van der Waals surface area contributed by atoms with Crippen molar-refractivity contribution < 1.29 is 19.1 Å². The lowest BCUT2D eigenvalue weighted by Crippen LogP contribution is -2.20. The van der Waals surface area contributed by atoms with Crippen LogP contribution in [0.25, 0.3) is 0 Å². The molecule has 1 aromatic heterocycles. The van der Waals surface area contributed by atoms with E-state index >= 15 is 0 Å². The number of primary amides is 1. The van der Waals surface area contributed by atoms with Gasteiger partial charge in [-0.15, -0.1) is 11.3 Å². The average Bonchev–Trinajstić information content (AvgIpc) is 3.03. The van der Waals surface area contributed by atoms with Gasteiger partial charge in [0.1, 0.15) is 5.00 Å². The summed E-state index contributed by atoms with van der Waals surface area (Å²) in [5, 5.41) is 3.38. The predicted octanol–water partition coefficient (Wildman–Crippen LogP) is 3.63. The zero-order valence-corrected chi connectivity index (χ0v) is 16.6. The van der Waals surface area contributed by atoms with Gasteiger partial charge in [-0.05, 0) is 42.9 Å². The molecule has 7 heteroatoms. The second kappa shape index (κ2) is 8.00. The van der Waals surface area contributed by atoms with Crippen LogP contribution in [-0.2, 0) is 12.8 Å². The number of hydrogen-bond donors (Lipinski definition) is 2. The quantitative estimate of drug-likeness (QED) is 0.791. The van der Waals surface area contributed by atoms with Crippen molar-refractivity contribution >= 4 is 28.2 Å². The van der Waals surface area contributed by atoms with Crippen molar-refractivity contribution in [1.29, 1.82) is 0 Å². The summed E-state index contributed by atoms with van der Waals surface area (Å²) < 4.78 is 10.6. The molecule has 0 radical (unpaired) electrons. The minimum absolute atomic E-state index is 0.338. The number of rotatable bonds is 6. The number of carbonyl (C=O) groups is 2. The number of methoxy groups -OCH3 is 2. The number of nitrogens with one attached hydrogen (secondary N) is 1. The van der Waals surface area contributed by atoms with Crippen molar-refractivity contribution in [2.75, 3.05) is 19.5 Å². The summed E-state index contributed by atoms with van der Waals surface area (Å²) in [4.78, 5) is 26.1. The van der Waals surface area contributed by atoms with Gasteiger partial charge in [0.05, 0.1) is 25.3 Å². The number of carbonyl (C=O) groups excluding carboxylic acids is 2. The van der Waals surface area contributed by atoms with Gasteiger partial charge in [0.15, 0.2) is 11.5 Å². The molecule has 1 unspecified atom stereocenters. The van der Waals surface area contributed by atoms with Crippen LogP contribution in [0.2, 0.25) is 0 Å². The number of benzene rings is 1. The van der Waals surface area contributed by atoms with Crippen LogP contribution in [0.5, 0.6) is 11.5 Å². The van der Waals surface area contributed by atoms with Gasteiger partial charge in [0, 0.05) is 4.88 Å². The zero-order chi connectivity index (χ0) is 19.6. The van der Waals surface area contributed by atoms with E-state index in [4.69, 9.17) is 15.2 Å². The highest BCUT2D eigenvalue weighted by Gasteiger charge is 2.28. The highest BCUT2D eigenvalue weighted by molar-refractivity contribution is 7.17. The summed E-state index contributed by atoms with van der Waals surface area (Å²) in [7, 11) is 3.00. The third kappa shape index (κ3) is 3.64. The van der Waals surface area contributed by atoms with E-state index in [-0.39, 0.29) is 5.91 Å². The first-order valence-electron chi connectivity index (χ1n) is 8.96. The van der Waals surface area contributed by atoms with Gasteiger partial charge in [-0.25, -0.2) is 0 Å². The first-order chi connectivity index (χ1) is 13.0. The number of nitrogens with two attached hydrogens (primary N) is 1. The Labute approximate surface area is 162 Å². The molecule has 1 aliphatic rings. The Bertz CT molecular complexity index is 875. The van der Waals surface area contributed by atoms with Crippen molar-refractivity contribution in [2.24, 2.45) is 11.7 Å². The second-order valence-electron chi connectivity index (χ2n) is 6.58. The van der Waals surface area contributed by atoms with Gasteiger partial charge in [-0.2, -0.15) is 0 Å². The van der Waals surface area contributed by atoms with Crippen LogP contribution in [0.4, 0.5) is 5.00 Å². The molecule has 6 nitrogen and oxygen atoms in total. The van der Waals surface area contributed by atoms with Crippen molar-refractivity contribution in [3.05, 3.63) is 39.8 Å². The molecule has 0 spiro atoms. The molecular weight excluding hydrogens is 364 g/mol. The van der Waals surface area contributed by atoms with Gasteiger partial charge in [0.25, 0.3) is 11.8 Å². The van der Waals surface area contributed by atoms with E-state index in [1.165, 1.54) is 25.6 Å². The average molecular weight is 388 g/mol. The highest BCUT2D eigenvalue weighted by atomic mass is 32.1. The largest absolute Gasteiger partial charge is 0.493 e. The molecule has 0 fully saturated rings. The third-order valence-electron chi connectivity index (χ3n) is 5.07. The van der Waals surface area contributed by atoms with Crippen molar-refractivity contribution in [2.45, 2.75) is 32.6 Å². The standard InChI is InChI=1S/C20H24N2O4S/c1-4-11-8-9-12-15(10-11)27-20(16(12)18(21)23)22-19(24)13-6-5-7-14(25-2)17(13)26-3/h5-7,11H,4,8-10H2,1-3H3,(H2,21,23)(H,22,24). The minimum atomic E-state index is -0.504. The maximum atomic E-state index is 12.9. The zero-order valence-electron chi connectivity index (χ0n) is 15.8. The summed E-state index contributed by atoms with van der Waals surface area (Å²) in [6.07, 6.45) is 3.89. The fourth-order valence-electron chi connectivity index (χ4n) is 3.59. The fourth-order valence-corrected chi connectivity index (χ4v) is 4.95. The van der Waals surface area contributed by atoms with E-state index in [1.807, 2.05) is 0 Å². The number of para-hydroxylation sites is 1. The molecule has 2 amide bonds. The van der Waals surface area contributed by atoms with Crippen LogP contribution in [0, 0.1) is 5.92 Å². The van der Waals surface area contributed by atoms with Crippen molar-refractivity contribution in [3.8, 4) is 11.5 Å². The second-order valence-corrected chi connectivity index (χ2v) is 7.69. The molecule has 0 bridgehead atoms. The molecule has 3 N–H and O–H groups in total. The minimum Gasteiger partial charge on any atom is -0.493 e. The van der Waals surface area contributed by atoms with Crippen LogP contribution in [-0.4, -0.2) is 26.0 Å². The van der Waals surface area contributed by atoms with Gasteiger partial charge in [-0.1, -0.05) is 19.4 Å².